The van der Waals surface area contributed by atoms with Crippen molar-refractivity contribution in [1.29, 1.82) is 0 Å². The average Bonchev–Trinajstić information content (AvgIpc) is 3.04. The Morgan fingerprint density at radius 3 is 2.84 bits per heavy atom. The highest BCUT2D eigenvalue weighted by Crippen LogP contribution is 2.41. The first kappa shape index (κ1) is 17.2. The Morgan fingerprint density at radius 1 is 1.44 bits per heavy atom. The third-order valence-corrected chi connectivity index (χ3v) is 4.02. The summed E-state index contributed by atoms with van der Waals surface area (Å²) in [5.74, 6) is 0.777. The Hall–Kier alpha value is -2.64. The van der Waals surface area contributed by atoms with Gasteiger partial charge in [0, 0.05) is 18.2 Å². The molecule has 0 spiro atoms. The minimum atomic E-state index is -2.78. The van der Waals surface area contributed by atoms with Crippen molar-refractivity contribution in [2.75, 3.05) is 7.11 Å². The molecule has 1 aromatic carbocycles. The van der Waals surface area contributed by atoms with Crippen molar-refractivity contribution in [3.63, 3.8) is 0 Å². The number of aromatic nitrogens is 2. The molecular weight excluding hydrogens is 332 g/mol. The summed E-state index contributed by atoms with van der Waals surface area (Å²) in [5.41, 5.74) is 0.233. The highest BCUT2D eigenvalue weighted by molar-refractivity contribution is 5.92. The standard InChI is InChI=1S/C17H19F2N3O3/c1-17(2)9-13(11-8-10(24-3)4-5-14(11)25-17)20-15(23)12-6-7-22(21-12)16(18)19/h4-8,13,16H,9H2,1-3H3,(H,20,23)/t13-/m0/s1. The van der Waals surface area contributed by atoms with Crippen molar-refractivity contribution < 1.29 is 23.0 Å². The minimum Gasteiger partial charge on any atom is -0.497 e. The number of carbonyl (C=O) groups excluding carboxylic acids is 1. The van der Waals surface area contributed by atoms with Gasteiger partial charge in [-0.05, 0) is 38.1 Å². The first-order chi connectivity index (χ1) is 11.8. The van der Waals surface area contributed by atoms with E-state index in [4.69, 9.17) is 9.47 Å². The summed E-state index contributed by atoms with van der Waals surface area (Å²) >= 11 is 0. The van der Waals surface area contributed by atoms with Gasteiger partial charge in [0.1, 0.15) is 22.8 Å². The normalized spacial score (nSPS) is 18.4. The third kappa shape index (κ3) is 3.57. The molecule has 3 rings (SSSR count). The van der Waals surface area contributed by atoms with Gasteiger partial charge < -0.3 is 14.8 Å². The lowest BCUT2D eigenvalue weighted by Gasteiger charge is -2.38. The maximum atomic E-state index is 12.6. The summed E-state index contributed by atoms with van der Waals surface area (Å²) in [6.07, 6.45) is 1.60. The van der Waals surface area contributed by atoms with Crippen LogP contribution >= 0.6 is 0 Å². The van der Waals surface area contributed by atoms with Crippen LogP contribution in [0.15, 0.2) is 30.5 Å². The van der Waals surface area contributed by atoms with E-state index in [9.17, 15) is 13.6 Å². The van der Waals surface area contributed by atoms with Crippen LogP contribution in [-0.4, -0.2) is 28.4 Å². The number of hydrogen-bond acceptors (Lipinski definition) is 4. The van der Waals surface area contributed by atoms with Gasteiger partial charge in [-0.15, -0.1) is 0 Å². The van der Waals surface area contributed by atoms with Crippen molar-refractivity contribution in [3.8, 4) is 11.5 Å². The summed E-state index contributed by atoms with van der Waals surface area (Å²) in [5, 5.41) is 6.46. The predicted octanol–water partition coefficient (Wildman–Crippen LogP) is 3.32. The zero-order valence-corrected chi connectivity index (χ0v) is 14.1. The molecule has 1 atom stereocenters. The Morgan fingerprint density at radius 2 is 2.20 bits per heavy atom. The molecule has 1 N–H and O–H groups in total. The molecule has 2 heterocycles. The fourth-order valence-corrected chi connectivity index (χ4v) is 2.89. The molecule has 25 heavy (non-hydrogen) atoms. The van der Waals surface area contributed by atoms with E-state index in [0.29, 0.717) is 22.6 Å². The molecule has 0 aliphatic carbocycles. The summed E-state index contributed by atoms with van der Waals surface area (Å²) in [6, 6.07) is 6.28. The molecule has 2 aromatic rings. The van der Waals surface area contributed by atoms with Gasteiger partial charge in [-0.3, -0.25) is 4.79 Å². The smallest absolute Gasteiger partial charge is 0.333 e. The highest BCUT2D eigenvalue weighted by atomic mass is 19.3. The van der Waals surface area contributed by atoms with Crippen LogP contribution in [0.4, 0.5) is 8.78 Å². The van der Waals surface area contributed by atoms with Crippen LogP contribution in [0.1, 0.15) is 48.9 Å². The number of nitrogens with zero attached hydrogens (tertiary/aromatic N) is 2. The molecule has 0 fully saturated rings. The Bertz CT molecular complexity index is 789. The minimum absolute atomic E-state index is 0.0611. The van der Waals surface area contributed by atoms with Crippen LogP contribution in [0.3, 0.4) is 0 Å². The molecule has 6 nitrogen and oxygen atoms in total. The van der Waals surface area contributed by atoms with Gasteiger partial charge in [-0.1, -0.05) is 0 Å². The van der Waals surface area contributed by atoms with Crippen molar-refractivity contribution in [1.82, 2.24) is 15.1 Å². The second-order valence-corrected chi connectivity index (χ2v) is 6.45. The van der Waals surface area contributed by atoms with Gasteiger partial charge in [-0.2, -0.15) is 13.9 Å². The Labute approximate surface area is 143 Å². The first-order valence-corrected chi connectivity index (χ1v) is 7.80. The molecule has 1 aromatic heterocycles. The number of alkyl halides is 2. The molecule has 0 bridgehead atoms. The maximum Gasteiger partial charge on any atom is 0.333 e. The first-order valence-electron chi connectivity index (χ1n) is 7.80. The van der Waals surface area contributed by atoms with Gasteiger partial charge in [0.05, 0.1) is 13.2 Å². The van der Waals surface area contributed by atoms with Gasteiger partial charge >= 0.3 is 6.55 Å². The van der Waals surface area contributed by atoms with Crippen LogP contribution < -0.4 is 14.8 Å². The van der Waals surface area contributed by atoms with Crippen LogP contribution in [-0.2, 0) is 0 Å². The van der Waals surface area contributed by atoms with Gasteiger partial charge in [0.2, 0.25) is 0 Å². The molecule has 0 saturated carbocycles. The topological polar surface area (TPSA) is 65.4 Å². The fraction of sp³-hybridized carbons (Fsp3) is 0.412. The van der Waals surface area contributed by atoms with Gasteiger partial charge in [0.15, 0.2) is 0 Å². The number of hydrogen-bond donors (Lipinski definition) is 1. The van der Waals surface area contributed by atoms with E-state index < -0.39 is 18.1 Å². The number of rotatable bonds is 4. The number of fused-ring (bicyclic) bond motifs is 1. The Balaban J connectivity index is 1.87. The molecule has 1 amide bonds. The second kappa shape index (κ2) is 6.34. The predicted molar refractivity (Wildman–Crippen MR) is 86.0 cm³/mol. The van der Waals surface area contributed by atoms with Crippen molar-refractivity contribution in [2.45, 2.75) is 38.5 Å². The monoisotopic (exact) mass is 351 g/mol. The quantitative estimate of drug-likeness (QED) is 0.918. The second-order valence-electron chi connectivity index (χ2n) is 6.45. The molecule has 0 unspecified atom stereocenters. The SMILES string of the molecule is COc1ccc2c(c1)[C@@H](NC(=O)c1ccn(C(F)F)n1)CC(C)(C)O2. The number of halogens is 2. The Kier molecular flexibility index (Phi) is 4.36. The maximum absolute atomic E-state index is 12.6. The van der Waals surface area contributed by atoms with Crippen molar-refractivity contribution in [2.24, 2.45) is 0 Å². The number of nitrogens with one attached hydrogen (secondary N) is 1. The number of benzene rings is 1. The van der Waals surface area contributed by atoms with E-state index in [2.05, 4.69) is 10.4 Å². The summed E-state index contributed by atoms with van der Waals surface area (Å²) < 4.78 is 36.9. The van der Waals surface area contributed by atoms with Crippen LogP contribution in [0.5, 0.6) is 11.5 Å². The van der Waals surface area contributed by atoms with Crippen LogP contribution in [0.2, 0.25) is 0 Å². The number of amides is 1. The average molecular weight is 351 g/mol. The molecule has 1 aliphatic heterocycles. The largest absolute Gasteiger partial charge is 0.497 e. The lowest BCUT2D eigenvalue weighted by molar-refractivity contribution is 0.0553. The zero-order chi connectivity index (χ0) is 18.2. The summed E-state index contributed by atoms with van der Waals surface area (Å²) in [6.45, 7) is 1.06. The number of methoxy groups -OCH3 is 1. The van der Waals surface area contributed by atoms with E-state index in [0.717, 1.165) is 11.8 Å². The molecule has 8 heteroatoms. The molecule has 0 radical (unpaired) electrons. The van der Waals surface area contributed by atoms with Gasteiger partial charge in [-0.25, -0.2) is 4.68 Å². The molecular formula is C17H19F2N3O3. The lowest BCUT2D eigenvalue weighted by atomic mass is 9.89. The zero-order valence-electron chi connectivity index (χ0n) is 14.1. The molecule has 134 valence electrons. The summed E-state index contributed by atoms with van der Waals surface area (Å²) in [7, 11) is 1.56. The third-order valence-electron chi connectivity index (χ3n) is 4.02. The van der Waals surface area contributed by atoms with E-state index in [1.165, 1.54) is 6.07 Å². The fourth-order valence-electron chi connectivity index (χ4n) is 2.89. The summed E-state index contributed by atoms with van der Waals surface area (Å²) in [4.78, 5) is 12.4. The number of ether oxygens (including phenoxy) is 2. The highest BCUT2D eigenvalue weighted by Gasteiger charge is 2.35. The van der Waals surface area contributed by atoms with E-state index in [-0.39, 0.29) is 11.7 Å². The van der Waals surface area contributed by atoms with Gasteiger partial charge in [0.25, 0.3) is 5.91 Å². The van der Waals surface area contributed by atoms with Crippen molar-refractivity contribution >= 4 is 5.91 Å². The molecule has 0 saturated heterocycles. The molecule has 1 aliphatic rings. The lowest BCUT2D eigenvalue weighted by Crippen LogP contribution is -2.41. The van der Waals surface area contributed by atoms with Crippen LogP contribution in [0.25, 0.3) is 0 Å². The van der Waals surface area contributed by atoms with Crippen molar-refractivity contribution in [3.05, 3.63) is 41.7 Å². The van der Waals surface area contributed by atoms with E-state index in [1.54, 1.807) is 25.3 Å². The van der Waals surface area contributed by atoms with E-state index >= 15 is 0 Å². The van der Waals surface area contributed by atoms with E-state index in [1.807, 2.05) is 13.8 Å². The number of carbonyl (C=O) groups is 1. The van der Waals surface area contributed by atoms with Crippen LogP contribution in [0, 0.1) is 0 Å².